The fraction of sp³-hybridized carbons (Fsp3) is 0.375. The molecule has 3 N–H and O–H groups in total. The maximum Gasteiger partial charge on any atom is 0.271 e. The molecule has 0 unspecified atom stereocenters. The number of ether oxygens (including phenoxy) is 1. The number of nitro benzene ring substituents is 1. The third-order valence-electron chi connectivity index (χ3n) is 4.72. The second-order valence-electron chi connectivity index (χ2n) is 9.80. The van der Waals surface area contributed by atoms with Gasteiger partial charge >= 0.3 is 0 Å². The van der Waals surface area contributed by atoms with Gasteiger partial charge in [0.1, 0.15) is 5.75 Å². The Kier molecular flexibility index (Phi) is 7.66. The van der Waals surface area contributed by atoms with E-state index in [1.165, 1.54) is 37.4 Å². The first-order valence-electron chi connectivity index (χ1n) is 10.5. The molecule has 0 aliphatic carbocycles. The standard InChI is InChI=1S/C24H30N4O6/c1-23(2,3)21(30)25-15-10-14(11-16(12-15)26-22(31)24(4,5)6)20(29)27-18-13-17(28(32)33)8-9-19(18)34-7/h8-13H,1-7H3,(H,25,30)(H,26,31)(H,27,29). The van der Waals surface area contributed by atoms with Gasteiger partial charge < -0.3 is 20.7 Å². The second-order valence-corrected chi connectivity index (χ2v) is 9.80. The summed E-state index contributed by atoms with van der Waals surface area (Å²) >= 11 is 0. The summed E-state index contributed by atoms with van der Waals surface area (Å²) in [6, 6.07) is 8.29. The number of non-ortho nitro benzene ring substituents is 1. The van der Waals surface area contributed by atoms with Crippen molar-refractivity contribution in [2.45, 2.75) is 41.5 Å². The highest BCUT2D eigenvalue weighted by molar-refractivity contribution is 6.08. The van der Waals surface area contributed by atoms with Crippen LogP contribution in [-0.4, -0.2) is 29.8 Å². The number of benzene rings is 2. The Morgan fingerprint density at radius 3 is 1.74 bits per heavy atom. The number of nitrogens with zero attached hydrogens (tertiary/aromatic N) is 1. The molecule has 182 valence electrons. The van der Waals surface area contributed by atoms with Crippen LogP contribution in [0.3, 0.4) is 0 Å². The Balaban J connectivity index is 2.47. The molecule has 0 heterocycles. The molecule has 0 spiro atoms. The minimum Gasteiger partial charge on any atom is -0.495 e. The number of carbonyl (C=O) groups excluding carboxylic acids is 3. The van der Waals surface area contributed by atoms with E-state index in [0.717, 1.165) is 0 Å². The number of amides is 3. The molecular formula is C24H30N4O6. The lowest BCUT2D eigenvalue weighted by Gasteiger charge is -2.21. The van der Waals surface area contributed by atoms with Gasteiger partial charge in [0.05, 0.1) is 17.7 Å². The molecule has 0 aliphatic heterocycles. The van der Waals surface area contributed by atoms with E-state index in [2.05, 4.69) is 16.0 Å². The molecule has 0 bridgehead atoms. The molecule has 2 aromatic carbocycles. The van der Waals surface area contributed by atoms with Crippen molar-refractivity contribution < 1.29 is 24.0 Å². The molecule has 2 rings (SSSR count). The summed E-state index contributed by atoms with van der Waals surface area (Å²) in [4.78, 5) is 48.6. The third-order valence-corrected chi connectivity index (χ3v) is 4.72. The van der Waals surface area contributed by atoms with E-state index in [0.29, 0.717) is 11.4 Å². The first-order chi connectivity index (χ1) is 15.6. The van der Waals surface area contributed by atoms with Gasteiger partial charge in [-0.1, -0.05) is 41.5 Å². The normalized spacial score (nSPS) is 11.4. The van der Waals surface area contributed by atoms with Crippen LogP contribution in [0.1, 0.15) is 51.9 Å². The van der Waals surface area contributed by atoms with Crippen molar-refractivity contribution in [2.75, 3.05) is 23.1 Å². The quantitative estimate of drug-likeness (QED) is 0.408. The fourth-order valence-electron chi connectivity index (χ4n) is 2.64. The fourth-order valence-corrected chi connectivity index (χ4v) is 2.64. The van der Waals surface area contributed by atoms with E-state index in [1.54, 1.807) is 47.6 Å². The number of nitrogens with one attached hydrogen (secondary N) is 3. The van der Waals surface area contributed by atoms with E-state index in [9.17, 15) is 24.5 Å². The van der Waals surface area contributed by atoms with Crippen molar-refractivity contribution in [2.24, 2.45) is 10.8 Å². The SMILES string of the molecule is COc1ccc([N+](=O)[O-])cc1NC(=O)c1cc(NC(=O)C(C)(C)C)cc(NC(=O)C(C)(C)C)c1. The molecule has 0 fully saturated rings. The van der Waals surface area contributed by atoms with Crippen LogP contribution in [0.4, 0.5) is 22.7 Å². The van der Waals surface area contributed by atoms with E-state index < -0.39 is 21.7 Å². The molecule has 34 heavy (non-hydrogen) atoms. The number of anilines is 3. The zero-order chi connectivity index (χ0) is 25.8. The predicted octanol–water partition coefficient (Wildman–Crippen LogP) is 4.82. The highest BCUT2D eigenvalue weighted by atomic mass is 16.6. The van der Waals surface area contributed by atoms with Crippen LogP contribution in [0.5, 0.6) is 5.75 Å². The first kappa shape index (κ1) is 26.3. The minimum atomic E-state index is -0.691. The molecule has 10 nitrogen and oxygen atoms in total. The van der Waals surface area contributed by atoms with E-state index >= 15 is 0 Å². The van der Waals surface area contributed by atoms with Crippen molar-refractivity contribution >= 4 is 40.5 Å². The lowest BCUT2D eigenvalue weighted by molar-refractivity contribution is -0.384. The second kappa shape index (κ2) is 9.90. The molecular weight excluding hydrogens is 440 g/mol. The highest BCUT2D eigenvalue weighted by Gasteiger charge is 2.24. The Hall–Kier alpha value is -3.95. The zero-order valence-electron chi connectivity index (χ0n) is 20.4. The summed E-state index contributed by atoms with van der Waals surface area (Å²) in [5.74, 6) is -0.939. The first-order valence-corrected chi connectivity index (χ1v) is 10.5. The molecule has 0 atom stereocenters. The molecule has 0 radical (unpaired) electrons. The van der Waals surface area contributed by atoms with Gasteiger partial charge in [-0.15, -0.1) is 0 Å². The number of methoxy groups -OCH3 is 1. The van der Waals surface area contributed by atoms with Crippen molar-refractivity contribution in [1.82, 2.24) is 0 Å². The summed E-state index contributed by atoms with van der Waals surface area (Å²) < 4.78 is 5.19. The largest absolute Gasteiger partial charge is 0.495 e. The van der Waals surface area contributed by atoms with Gasteiger partial charge in [0.15, 0.2) is 0 Å². The zero-order valence-corrected chi connectivity index (χ0v) is 20.4. The van der Waals surface area contributed by atoms with Gasteiger partial charge in [-0.05, 0) is 24.3 Å². The summed E-state index contributed by atoms with van der Waals surface area (Å²) in [6.45, 7) is 10.5. The third kappa shape index (κ3) is 6.77. The molecule has 10 heteroatoms. The van der Waals surface area contributed by atoms with Gasteiger partial charge in [0, 0.05) is 39.9 Å². The van der Waals surface area contributed by atoms with Crippen LogP contribution < -0.4 is 20.7 Å². The number of hydrogen-bond donors (Lipinski definition) is 3. The lowest BCUT2D eigenvalue weighted by atomic mass is 9.95. The number of hydrogen-bond acceptors (Lipinski definition) is 6. The Morgan fingerprint density at radius 2 is 1.32 bits per heavy atom. The molecule has 0 aromatic heterocycles. The van der Waals surface area contributed by atoms with Crippen LogP contribution in [0, 0.1) is 20.9 Å². The van der Waals surface area contributed by atoms with E-state index in [4.69, 9.17) is 4.74 Å². The summed E-state index contributed by atoms with van der Waals surface area (Å²) in [7, 11) is 1.37. The lowest BCUT2D eigenvalue weighted by Crippen LogP contribution is -2.29. The van der Waals surface area contributed by atoms with Gasteiger partial charge in [-0.3, -0.25) is 24.5 Å². The summed E-state index contributed by atoms with van der Waals surface area (Å²) in [6.07, 6.45) is 0. The number of carbonyl (C=O) groups is 3. The predicted molar refractivity (Wildman–Crippen MR) is 130 cm³/mol. The van der Waals surface area contributed by atoms with Crippen molar-refractivity contribution in [3.8, 4) is 5.75 Å². The van der Waals surface area contributed by atoms with Gasteiger partial charge in [-0.2, -0.15) is 0 Å². The topological polar surface area (TPSA) is 140 Å². The smallest absolute Gasteiger partial charge is 0.271 e. The monoisotopic (exact) mass is 470 g/mol. The highest BCUT2D eigenvalue weighted by Crippen LogP contribution is 2.30. The van der Waals surface area contributed by atoms with Gasteiger partial charge in [-0.25, -0.2) is 0 Å². The van der Waals surface area contributed by atoms with Gasteiger partial charge in [0.2, 0.25) is 11.8 Å². The molecule has 0 saturated carbocycles. The Labute approximate surface area is 198 Å². The minimum absolute atomic E-state index is 0.103. The van der Waals surface area contributed by atoms with E-state index in [1.807, 2.05) is 0 Å². The molecule has 0 saturated heterocycles. The van der Waals surface area contributed by atoms with Crippen molar-refractivity contribution in [3.05, 3.63) is 52.1 Å². The maximum atomic E-state index is 13.1. The van der Waals surface area contributed by atoms with E-state index in [-0.39, 0.29) is 34.5 Å². The van der Waals surface area contributed by atoms with Gasteiger partial charge in [0.25, 0.3) is 11.6 Å². The number of nitro groups is 1. The summed E-state index contributed by atoms with van der Waals surface area (Å²) in [5, 5.41) is 19.2. The van der Waals surface area contributed by atoms with Crippen molar-refractivity contribution in [3.63, 3.8) is 0 Å². The molecule has 2 aromatic rings. The maximum absolute atomic E-state index is 13.1. The Morgan fingerprint density at radius 1 is 0.824 bits per heavy atom. The van der Waals surface area contributed by atoms with Crippen LogP contribution >= 0.6 is 0 Å². The van der Waals surface area contributed by atoms with Crippen LogP contribution in [0.25, 0.3) is 0 Å². The molecule has 0 aliphatic rings. The molecule has 3 amide bonds. The van der Waals surface area contributed by atoms with Crippen LogP contribution in [0.15, 0.2) is 36.4 Å². The van der Waals surface area contributed by atoms with Crippen molar-refractivity contribution in [1.29, 1.82) is 0 Å². The van der Waals surface area contributed by atoms with Crippen LogP contribution in [0.2, 0.25) is 0 Å². The number of rotatable bonds is 6. The summed E-state index contributed by atoms with van der Waals surface area (Å²) in [5.41, 5.74) is -0.770. The average molecular weight is 471 g/mol. The Bertz CT molecular complexity index is 1080. The average Bonchev–Trinajstić information content (AvgIpc) is 2.72. The van der Waals surface area contributed by atoms with Crippen LogP contribution in [-0.2, 0) is 9.59 Å².